The van der Waals surface area contributed by atoms with Gasteiger partial charge >= 0.3 is 0 Å². The van der Waals surface area contributed by atoms with E-state index in [9.17, 15) is 5.11 Å². The van der Waals surface area contributed by atoms with Gasteiger partial charge < -0.3 is 5.11 Å². The average Bonchev–Trinajstić information content (AvgIpc) is 3.29. The van der Waals surface area contributed by atoms with Gasteiger partial charge in [0.2, 0.25) is 0 Å². The molecule has 4 heteroatoms. The first-order valence-electron chi connectivity index (χ1n) is 11.5. The summed E-state index contributed by atoms with van der Waals surface area (Å²) in [5.41, 5.74) is 4.56. The molecule has 0 bridgehead atoms. The Bertz CT molecular complexity index is 1030. The Balaban J connectivity index is 1.38. The van der Waals surface area contributed by atoms with Gasteiger partial charge in [-0.3, -0.25) is 0 Å². The molecule has 2 nitrogen and oxygen atoms in total. The topological polar surface area (TPSA) is 33.1 Å². The summed E-state index contributed by atoms with van der Waals surface area (Å²) in [7, 11) is 0. The zero-order valence-electron chi connectivity index (χ0n) is 17.8. The number of fused-ring (bicyclic) bond motifs is 7. The molecule has 30 heavy (non-hydrogen) atoms. The molecule has 1 aromatic carbocycles. The van der Waals surface area contributed by atoms with Crippen LogP contribution in [0.5, 0.6) is 0 Å². The van der Waals surface area contributed by atoms with Crippen LogP contribution >= 0.6 is 27.3 Å². The summed E-state index contributed by atoms with van der Waals surface area (Å²) < 4.78 is 1.11. The number of benzene rings is 1. The van der Waals surface area contributed by atoms with Gasteiger partial charge in [0.1, 0.15) is 5.01 Å². The molecule has 1 N–H and O–H groups in total. The van der Waals surface area contributed by atoms with Crippen molar-refractivity contribution in [1.82, 2.24) is 4.98 Å². The van der Waals surface area contributed by atoms with E-state index < -0.39 is 0 Å². The second kappa shape index (κ2) is 6.76. The molecule has 2 aromatic rings. The van der Waals surface area contributed by atoms with Crippen molar-refractivity contribution in [2.45, 2.75) is 64.9 Å². The van der Waals surface area contributed by atoms with Gasteiger partial charge in [-0.15, -0.1) is 11.3 Å². The van der Waals surface area contributed by atoms with Crippen LogP contribution in [-0.4, -0.2) is 16.2 Å². The van der Waals surface area contributed by atoms with E-state index in [4.69, 9.17) is 4.98 Å². The molecule has 0 saturated heterocycles. The number of allylic oxidation sites excluding steroid dienone is 2. The Morgan fingerprint density at radius 3 is 2.67 bits per heavy atom. The summed E-state index contributed by atoms with van der Waals surface area (Å²) >= 11 is 5.45. The molecule has 6 atom stereocenters. The molecule has 2 saturated carbocycles. The van der Waals surface area contributed by atoms with Crippen molar-refractivity contribution in [3.63, 3.8) is 0 Å². The maximum atomic E-state index is 10.7. The van der Waals surface area contributed by atoms with Crippen molar-refractivity contribution in [2.75, 3.05) is 0 Å². The minimum atomic E-state index is -0.0884. The lowest BCUT2D eigenvalue weighted by Gasteiger charge is -2.56. The van der Waals surface area contributed by atoms with Gasteiger partial charge in [0.25, 0.3) is 0 Å². The molecular formula is C26H30BrNOS. The molecule has 4 aliphatic carbocycles. The second-order valence-corrected chi connectivity index (χ2v) is 12.5. The van der Waals surface area contributed by atoms with E-state index in [2.05, 4.69) is 60.1 Å². The van der Waals surface area contributed by atoms with Crippen molar-refractivity contribution >= 4 is 32.8 Å². The highest BCUT2D eigenvalue weighted by Crippen LogP contribution is 2.66. The Labute approximate surface area is 192 Å². The minimum Gasteiger partial charge on any atom is -0.393 e. The quantitative estimate of drug-likeness (QED) is 0.468. The van der Waals surface area contributed by atoms with Crippen molar-refractivity contribution in [2.24, 2.45) is 28.6 Å². The fourth-order valence-electron chi connectivity index (χ4n) is 7.56. The van der Waals surface area contributed by atoms with Crippen LogP contribution in [0.1, 0.15) is 62.9 Å². The summed E-state index contributed by atoms with van der Waals surface area (Å²) in [5, 5.41) is 11.9. The highest BCUT2D eigenvalue weighted by atomic mass is 79.9. The molecule has 1 unspecified atom stereocenters. The van der Waals surface area contributed by atoms with Crippen LogP contribution in [0.25, 0.3) is 16.1 Å². The van der Waals surface area contributed by atoms with Gasteiger partial charge in [0.15, 0.2) is 0 Å². The number of aryl methyl sites for hydroxylation is 1. The van der Waals surface area contributed by atoms with Gasteiger partial charge in [-0.25, -0.2) is 4.98 Å². The van der Waals surface area contributed by atoms with E-state index in [1.807, 2.05) is 11.3 Å². The number of aliphatic hydroxyl groups excluding tert-OH is 1. The average molecular weight is 485 g/mol. The van der Waals surface area contributed by atoms with E-state index in [-0.39, 0.29) is 16.9 Å². The standard InChI is InChI=1S/C26H30BrNOS/c1-25-14-12-21-23(30-24(28-21)15-3-5-16(27)6-4-15)20(25)8-7-17-18-9-10-22(29)26(18,2)13-11-19(17)25/h3-6,8,17-19,22,29H,7,9-14H2,1-2H3/t17-,18-,19-,22?,25+,26-/m0/s1. The lowest BCUT2D eigenvalue weighted by atomic mass is 9.48. The predicted octanol–water partition coefficient (Wildman–Crippen LogP) is 7.12. The molecule has 0 radical (unpaired) electrons. The molecule has 6 rings (SSSR count). The Morgan fingerprint density at radius 1 is 1.07 bits per heavy atom. The lowest BCUT2D eigenvalue weighted by Crippen LogP contribution is -2.50. The predicted molar refractivity (Wildman–Crippen MR) is 127 cm³/mol. The maximum Gasteiger partial charge on any atom is 0.124 e. The van der Waals surface area contributed by atoms with Gasteiger partial charge in [0.05, 0.1) is 16.7 Å². The normalized spacial score (nSPS) is 39.5. The fraction of sp³-hybridized carbons (Fsp3) is 0.577. The summed E-state index contributed by atoms with van der Waals surface area (Å²) in [4.78, 5) is 6.54. The van der Waals surface area contributed by atoms with Crippen molar-refractivity contribution in [3.05, 3.63) is 45.4 Å². The first kappa shape index (κ1) is 19.7. The Kier molecular flexibility index (Phi) is 4.44. The number of rotatable bonds is 1. The summed E-state index contributed by atoms with van der Waals surface area (Å²) in [5.74, 6) is 2.20. The monoisotopic (exact) mass is 483 g/mol. The molecule has 0 aliphatic heterocycles. The number of aromatic nitrogens is 1. The third-order valence-corrected chi connectivity index (χ3v) is 11.0. The zero-order valence-corrected chi connectivity index (χ0v) is 20.2. The van der Waals surface area contributed by atoms with Crippen LogP contribution in [-0.2, 0) is 6.42 Å². The highest BCUT2D eigenvalue weighted by molar-refractivity contribution is 9.10. The lowest BCUT2D eigenvalue weighted by molar-refractivity contribution is -0.0579. The number of thiazole rings is 1. The molecule has 158 valence electrons. The molecule has 4 aliphatic rings. The molecular weight excluding hydrogens is 454 g/mol. The van der Waals surface area contributed by atoms with Crippen LogP contribution in [0, 0.1) is 28.6 Å². The van der Waals surface area contributed by atoms with Crippen LogP contribution in [0.4, 0.5) is 0 Å². The molecule has 1 aromatic heterocycles. The minimum absolute atomic E-state index is 0.0884. The number of nitrogens with zero attached hydrogens (tertiary/aromatic N) is 1. The summed E-state index contributed by atoms with van der Waals surface area (Å²) in [6, 6.07) is 8.57. The molecule has 1 heterocycles. The van der Waals surface area contributed by atoms with E-state index in [1.54, 1.807) is 5.57 Å². The smallest absolute Gasteiger partial charge is 0.124 e. The van der Waals surface area contributed by atoms with E-state index >= 15 is 0 Å². The number of hydrogen-bond acceptors (Lipinski definition) is 3. The molecule has 0 amide bonds. The third-order valence-electron chi connectivity index (χ3n) is 9.33. The van der Waals surface area contributed by atoms with Gasteiger partial charge in [-0.1, -0.05) is 48.0 Å². The Morgan fingerprint density at radius 2 is 1.87 bits per heavy atom. The van der Waals surface area contributed by atoms with Gasteiger partial charge in [-0.05, 0) is 91.2 Å². The van der Waals surface area contributed by atoms with Gasteiger partial charge in [0, 0.05) is 10.0 Å². The first-order chi connectivity index (χ1) is 14.4. The second-order valence-electron chi connectivity index (χ2n) is 10.6. The van der Waals surface area contributed by atoms with Crippen molar-refractivity contribution in [1.29, 1.82) is 0 Å². The Hall–Kier alpha value is -0.970. The summed E-state index contributed by atoms with van der Waals surface area (Å²) in [6.45, 7) is 4.92. The summed E-state index contributed by atoms with van der Waals surface area (Å²) in [6.07, 6.45) is 10.7. The first-order valence-corrected chi connectivity index (χ1v) is 13.2. The van der Waals surface area contributed by atoms with Crippen LogP contribution in [0.2, 0.25) is 0 Å². The van der Waals surface area contributed by atoms with Crippen molar-refractivity contribution < 1.29 is 5.11 Å². The maximum absolute atomic E-state index is 10.7. The number of halogens is 1. The zero-order chi connectivity index (χ0) is 20.7. The van der Waals surface area contributed by atoms with Crippen molar-refractivity contribution in [3.8, 4) is 10.6 Å². The fourth-order valence-corrected chi connectivity index (χ4v) is 9.12. The largest absolute Gasteiger partial charge is 0.393 e. The number of hydrogen-bond donors (Lipinski definition) is 1. The van der Waals surface area contributed by atoms with Gasteiger partial charge in [-0.2, -0.15) is 0 Å². The number of aliphatic hydroxyl groups is 1. The van der Waals surface area contributed by atoms with E-state index in [0.29, 0.717) is 5.92 Å². The van der Waals surface area contributed by atoms with Crippen LogP contribution < -0.4 is 0 Å². The molecule has 2 fully saturated rings. The molecule has 0 spiro atoms. The van der Waals surface area contributed by atoms with Crippen LogP contribution in [0.15, 0.2) is 34.8 Å². The van der Waals surface area contributed by atoms with E-state index in [0.717, 1.165) is 34.2 Å². The van der Waals surface area contributed by atoms with Crippen LogP contribution in [0.3, 0.4) is 0 Å². The highest BCUT2D eigenvalue weighted by Gasteiger charge is 2.58. The van der Waals surface area contributed by atoms with E-state index in [1.165, 1.54) is 48.2 Å². The SMILES string of the molecule is C[C@]12CCc3nc(-c4ccc(Br)cc4)sc3C1=CC[C@@H]1[C@@H]2CC[C@]2(C)C(O)CC[C@@H]12. The third kappa shape index (κ3) is 2.66.